The van der Waals surface area contributed by atoms with Crippen molar-refractivity contribution in [2.45, 2.75) is 6.30 Å². The van der Waals surface area contributed by atoms with E-state index >= 15 is 0 Å². The molecule has 7 heteroatoms. The van der Waals surface area contributed by atoms with Gasteiger partial charge in [0.15, 0.2) is 0 Å². The highest BCUT2D eigenvalue weighted by atomic mass is 19.4. The molecule has 0 bridgehead atoms. The summed E-state index contributed by atoms with van der Waals surface area (Å²) in [4.78, 5) is 10.5. The molecule has 72 valence electrons. The van der Waals surface area contributed by atoms with Crippen LogP contribution in [0.3, 0.4) is 0 Å². The molecule has 0 radical (unpaired) electrons. The maximum Gasteiger partial charge on any atom is 0.502 e. The van der Waals surface area contributed by atoms with Crippen molar-refractivity contribution in [3.05, 3.63) is 24.0 Å². The molecule has 1 heterocycles. The second-order valence-electron chi connectivity index (χ2n) is 2.25. The Labute approximate surface area is 71.5 Å². The molecule has 1 rings (SSSR count). The van der Waals surface area contributed by atoms with Crippen molar-refractivity contribution in [1.82, 2.24) is 10.4 Å². The topological polar surface area (TPSA) is 58.4 Å². The maximum atomic E-state index is 11.9. The van der Waals surface area contributed by atoms with Crippen molar-refractivity contribution in [2.24, 2.45) is 5.73 Å². The number of carbonyl (C=O) groups is 1. The molecular weight excluding hydrogens is 187 g/mol. The Morgan fingerprint density at radius 2 is 2.15 bits per heavy atom. The van der Waals surface area contributed by atoms with E-state index < -0.39 is 12.2 Å². The van der Waals surface area contributed by atoms with Crippen LogP contribution in [0.5, 0.6) is 0 Å². The third kappa shape index (κ3) is 2.14. The van der Waals surface area contributed by atoms with E-state index in [9.17, 15) is 18.0 Å². The Balaban J connectivity index is 2.69. The van der Waals surface area contributed by atoms with Gasteiger partial charge in [-0.15, -0.1) is 13.2 Å². The van der Waals surface area contributed by atoms with Crippen LogP contribution in [0.2, 0.25) is 0 Å². The molecule has 0 aliphatic carbocycles. The lowest BCUT2D eigenvalue weighted by atomic mass is 10.2. The Morgan fingerprint density at radius 3 is 2.46 bits per heavy atom. The molecule has 0 fully saturated rings. The lowest BCUT2D eigenvalue weighted by molar-refractivity contribution is -0.240. The number of nitrogens with two attached hydrogens (primary N) is 1. The van der Waals surface area contributed by atoms with Crippen LogP contribution < -0.4 is 11.2 Å². The zero-order chi connectivity index (χ0) is 10.1. The van der Waals surface area contributed by atoms with Crippen molar-refractivity contribution in [1.29, 1.82) is 0 Å². The van der Waals surface area contributed by atoms with Crippen LogP contribution in [0.25, 0.3) is 0 Å². The number of rotatable bonds is 1. The van der Waals surface area contributed by atoms with Gasteiger partial charge in [-0.3, -0.25) is 10.2 Å². The van der Waals surface area contributed by atoms with Gasteiger partial charge in [0.25, 0.3) is 0 Å². The normalized spacial score (nSPS) is 16.5. The van der Waals surface area contributed by atoms with Crippen molar-refractivity contribution in [3.63, 3.8) is 0 Å². The van der Waals surface area contributed by atoms with Crippen molar-refractivity contribution >= 4 is 5.91 Å². The van der Waals surface area contributed by atoms with Crippen molar-refractivity contribution in [2.75, 3.05) is 0 Å². The van der Waals surface area contributed by atoms with Crippen LogP contribution in [0.1, 0.15) is 0 Å². The van der Waals surface area contributed by atoms with E-state index in [-0.39, 0.29) is 10.6 Å². The zero-order valence-corrected chi connectivity index (χ0v) is 6.30. The quantitative estimate of drug-likeness (QED) is 0.585. The van der Waals surface area contributed by atoms with Gasteiger partial charge >= 0.3 is 6.30 Å². The fourth-order valence-electron chi connectivity index (χ4n) is 0.696. The predicted molar refractivity (Wildman–Crippen MR) is 37.4 cm³/mol. The molecule has 1 aliphatic rings. The second-order valence-corrected chi connectivity index (χ2v) is 2.25. The lowest BCUT2D eigenvalue weighted by Crippen LogP contribution is -2.43. The average molecular weight is 193 g/mol. The molecule has 0 saturated carbocycles. The van der Waals surface area contributed by atoms with Gasteiger partial charge in [0.05, 0.1) is 5.57 Å². The maximum absolute atomic E-state index is 11.9. The molecule has 1 aliphatic heterocycles. The second kappa shape index (κ2) is 3.00. The molecule has 1 amide bonds. The number of nitrogens with one attached hydrogen (secondary N) is 1. The molecule has 0 aromatic heterocycles. The summed E-state index contributed by atoms with van der Waals surface area (Å²) in [6.45, 7) is 0. The SMILES string of the molecule is NC(=O)C1=CNN(C(F)(F)F)C=C1. The molecule has 0 aromatic carbocycles. The Bertz CT molecular complexity index is 281. The minimum atomic E-state index is -4.52. The first-order valence-corrected chi connectivity index (χ1v) is 3.21. The van der Waals surface area contributed by atoms with Crippen LogP contribution in [0.4, 0.5) is 13.2 Å². The first-order valence-electron chi connectivity index (χ1n) is 3.21. The minimum Gasteiger partial charge on any atom is -0.366 e. The Kier molecular flexibility index (Phi) is 2.18. The summed E-state index contributed by atoms with van der Waals surface area (Å²) in [6.07, 6.45) is -1.97. The third-order valence-electron chi connectivity index (χ3n) is 1.32. The molecule has 3 N–H and O–H groups in total. The molecule has 0 saturated heterocycles. The number of alkyl halides is 3. The lowest BCUT2D eigenvalue weighted by Gasteiger charge is -2.25. The molecule has 0 aromatic rings. The zero-order valence-electron chi connectivity index (χ0n) is 6.30. The van der Waals surface area contributed by atoms with Crippen molar-refractivity contribution in [3.8, 4) is 0 Å². The minimum absolute atomic E-state index is 0.0134. The number of hydrazine groups is 1. The summed E-state index contributed by atoms with van der Waals surface area (Å²) < 4.78 is 35.8. The number of nitrogens with zero attached hydrogens (tertiary/aromatic N) is 1. The summed E-state index contributed by atoms with van der Waals surface area (Å²) >= 11 is 0. The van der Waals surface area contributed by atoms with Gasteiger partial charge in [0, 0.05) is 12.4 Å². The van der Waals surface area contributed by atoms with Crippen LogP contribution in [0, 0.1) is 0 Å². The van der Waals surface area contributed by atoms with Gasteiger partial charge < -0.3 is 5.73 Å². The predicted octanol–water partition coefficient (Wildman–Crippen LogP) is 0.209. The molecule has 0 spiro atoms. The van der Waals surface area contributed by atoms with E-state index in [4.69, 9.17) is 5.73 Å². The fourth-order valence-corrected chi connectivity index (χ4v) is 0.696. The van der Waals surface area contributed by atoms with Gasteiger partial charge in [-0.2, -0.15) is 0 Å². The number of amides is 1. The van der Waals surface area contributed by atoms with Gasteiger partial charge in [-0.1, -0.05) is 0 Å². The molecule has 13 heavy (non-hydrogen) atoms. The standard InChI is InChI=1S/C6H6F3N3O/c7-6(8,9)12-2-1-4(3-11-12)5(10)13/h1-3,11H,(H2,10,13). The molecule has 4 nitrogen and oxygen atoms in total. The fraction of sp³-hybridized carbons (Fsp3) is 0.167. The Morgan fingerprint density at radius 1 is 1.54 bits per heavy atom. The number of hydrogen-bond acceptors (Lipinski definition) is 3. The van der Waals surface area contributed by atoms with E-state index in [1.807, 2.05) is 5.43 Å². The highest BCUT2D eigenvalue weighted by Gasteiger charge is 2.36. The van der Waals surface area contributed by atoms with E-state index in [0.29, 0.717) is 6.20 Å². The van der Waals surface area contributed by atoms with Crippen LogP contribution in [0.15, 0.2) is 24.0 Å². The third-order valence-corrected chi connectivity index (χ3v) is 1.32. The molecule has 0 atom stereocenters. The van der Waals surface area contributed by atoms with Gasteiger partial charge in [-0.25, -0.2) is 5.01 Å². The molecule has 0 unspecified atom stereocenters. The molecular formula is C6H6F3N3O. The average Bonchev–Trinajstić information content (AvgIpc) is 2.03. The van der Waals surface area contributed by atoms with Crippen LogP contribution in [-0.2, 0) is 4.79 Å². The monoisotopic (exact) mass is 193 g/mol. The smallest absolute Gasteiger partial charge is 0.366 e. The van der Waals surface area contributed by atoms with Gasteiger partial charge in [0.1, 0.15) is 0 Å². The van der Waals surface area contributed by atoms with E-state index in [2.05, 4.69) is 0 Å². The first-order chi connectivity index (χ1) is 5.91. The van der Waals surface area contributed by atoms with Crippen LogP contribution in [-0.4, -0.2) is 17.2 Å². The van der Waals surface area contributed by atoms with Gasteiger partial charge in [0.2, 0.25) is 5.91 Å². The number of hydrogen-bond donors (Lipinski definition) is 2. The highest BCUT2D eigenvalue weighted by Crippen LogP contribution is 2.21. The summed E-state index contributed by atoms with van der Waals surface area (Å²) in [5.74, 6) is -0.787. The summed E-state index contributed by atoms with van der Waals surface area (Å²) in [7, 11) is 0. The first kappa shape index (κ1) is 9.43. The van der Waals surface area contributed by atoms with Crippen LogP contribution >= 0.6 is 0 Å². The van der Waals surface area contributed by atoms with E-state index in [0.717, 1.165) is 12.3 Å². The van der Waals surface area contributed by atoms with Crippen molar-refractivity contribution < 1.29 is 18.0 Å². The van der Waals surface area contributed by atoms with E-state index in [1.165, 1.54) is 0 Å². The number of primary amides is 1. The summed E-state index contributed by atoms with van der Waals surface area (Å²) in [6, 6.07) is 0. The summed E-state index contributed by atoms with van der Waals surface area (Å²) in [5, 5.41) is -0.0978. The number of halogens is 3. The number of carbonyl (C=O) groups excluding carboxylic acids is 1. The summed E-state index contributed by atoms with van der Waals surface area (Å²) in [5.41, 5.74) is 6.66. The van der Waals surface area contributed by atoms with E-state index in [1.54, 1.807) is 0 Å². The highest BCUT2D eigenvalue weighted by molar-refractivity contribution is 5.94. The Hall–Kier alpha value is -1.66. The van der Waals surface area contributed by atoms with Gasteiger partial charge in [-0.05, 0) is 6.08 Å². The largest absolute Gasteiger partial charge is 0.502 e.